The van der Waals surface area contributed by atoms with Crippen LogP contribution >= 0.6 is 0 Å². The molecular formula is C16H18F3N5O3S. The molecule has 1 N–H and O–H groups in total. The summed E-state index contributed by atoms with van der Waals surface area (Å²) < 4.78 is 67.1. The molecule has 1 saturated heterocycles. The Morgan fingerprint density at radius 3 is 2.46 bits per heavy atom. The van der Waals surface area contributed by atoms with Gasteiger partial charge in [-0.25, -0.2) is 8.42 Å². The number of nitrogens with zero attached hydrogens (tertiary/aromatic N) is 4. The first-order valence-corrected chi connectivity index (χ1v) is 9.73. The molecule has 1 aromatic carbocycles. The van der Waals surface area contributed by atoms with Crippen LogP contribution in [0.4, 0.5) is 13.2 Å². The van der Waals surface area contributed by atoms with Crippen LogP contribution in [0.2, 0.25) is 0 Å². The smallest absolute Gasteiger partial charge is 0.334 e. The van der Waals surface area contributed by atoms with Crippen molar-refractivity contribution in [2.75, 3.05) is 19.6 Å². The van der Waals surface area contributed by atoms with Crippen molar-refractivity contribution in [3.05, 3.63) is 41.7 Å². The zero-order valence-electron chi connectivity index (χ0n) is 15.1. The summed E-state index contributed by atoms with van der Waals surface area (Å²) >= 11 is 0. The van der Waals surface area contributed by atoms with Crippen LogP contribution in [0.25, 0.3) is 0 Å². The van der Waals surface area contributed by atoms with Gasteiger partial charge < -0.3 is 4.90 Å². The van der Waals surface area contributed by atoms with Gasteiger partial charge in [-0.1, -0.05) is 17.3 Å². The number of benzene rings is 1. The Labute approximate surface area is 159 Å². The Morgan fingerprint density at radius 1 is 1.21 bits per heavy atom. The van der Waals surface area contributed by atoms with E-state index in [9.17, 15) is 26.4 Å². The predicted octanol–water partition coefficient (Wildman–Crippen LogP) is 1.75. The van der Waals surface area contributed by atoms with Crippen LogP contribution in [0.5, 0.6) is 0 Å². The lowest BCUT2D eigenvalue weighted by atomic mass is 10.0. The number of alkyl halides is 3. The van der Waals surface area contributed by atoms with E-state index in [1.807, 2.05) is 0 Å². The molecule has 8 nitrogen and oxygen atoms in total. The zero-order chi connectivity index (χ0) is 20.7. The van der Waals surface area contributed by atoms with Crippen LogP contribution in [0.1, 0.15) is 29.9 Å². The molecule has 3 rings (SSSR count). The number of halogens is 3. The number of carbonyl (C=O) groups excluding carboxylic acids is 1. The topological polar surface area (TPSA) is 99.3 Å². The molecular weight excluding hydrogens is 399 g/mol. The van der Waals surface area contributed by atoms with Crippen LogP contribution in [0.3, 0.4) is 0 Å². The molecule has 0 unspecified atom stereocenters. The van der Waals surface area contributed by atoms with Gasteiger partial charge in [0.1, 0.15) is 0 Å². The van der Waals surface area contributed by atoms with Crippen LogP contribution < -0.4 is 0 Å². The van der Waals surface area contributed by atoms with Crippen molar-refractivity contribution >= 4 is 15.9 Å². The number of aromatic amines is 1. The first kappa shape index (κ1) is 20.3. The normalized spacial score (nSPS) is 18.2. The van der Waals surface area contributed by atoms with Gasteiger partial charge >= 0.3 is 6.18 Å². The molecule has 0 radical (unpaired) electrons. The van der Waals surface area contributed by atoms with E-state index in [-0.39, 0.29) is 25.3 Å². The summed E-state index contributed by atoms with van der Waals surface area (Å²) in [5, 5.41) is 9.53. The molecule has 2 aromatic rings. The van der Waals surface area contributed by atoms with Crippen molar-refractivity contribution in [2.24, 2.45) is 0 Å². The molecule has 28 heavy (non-hydrogen) atoms. The molecule has 1 aliphatic rings. The maximum Gasteiger partial charge on any atom is 0.417 e. The van der Waals surface area contributed by atoms with Crippen molar-refractivity contribution in [1.29, 1.82) is 0 Å². The maximum atomic E-state index is 13.3. The summed E-state index contributed by atoms with van der Waals surface area (Å²) in [6.45, 7) is 2.98. The first-order chi connectivity index (χ1) is 12.9. The number of rotatable bonds is 3. The molecule has 0 saturated carbocycles. The molecule has 2 heterocycles. The maximum absolute atomic E-state index is 13.3. The number of hydrogen-bond donors (Lipinski definition) is 1. The van der Waals surface area contributed by atoms with Crippen molar-refractivity contribution in [3.8, 4) is 0 Å². The van der Waals surface area contributed by atoms with E-state index in [0.29, 0.717) is 0 Å². The highest BCUT2D eigenvalue weighted by Crippen LogP contribution is 2.37. The fraction of sp³-hybridized carbons (Fsp3) is 0.438. The summed E-state index contributed by atoms with van der Waals surface area (Å²) in [6.07, 6.45) is -3.49. The van der Waals surface area contributed by atoms with E-state index in [0.717, 1.165) is 22.5 Å². The third-order valence-electron chi connectivity index (χ3n) is 4.51. The van der Waals surface area contributed by atoms with E-state index in [4.69, 9.17) is 0 Å². The van der Waals surface area contributed by atoms with Crippen molar-refractivity contribution in [2.45, 2.75) is 30.5 Å². The molecule has 152 valence electrons. The van der Waals surface area contributed by atoms with Crippen LogP contribution in [0, 0.1) is 0 Å². The Hall–Kier alpha value is -2.47. The molecule has 0 spiro atoms. The van der Waals surface area contributed by atoms with Crippen molar-refractivity contribution in [3.63, 3.8) is 0 Å². The second-order valence-electron chi connectivity index (χ2n) is 6.97. The SMILES string of the molecule is CC1(C)CN(C(=O)c2c[nH]nn2)CCN1S(=O)(=O)c1ccccc1C(F)(F)F. The highest BCUT2D eigenvalue weighted by molar-refractivity contribution is 7.89. The standard InChI is InChI=1S/C16H18F3N5O3S/c1-15(2)10-23(14(25)12-9-20-22-21-12)7-8-24(15)28(26,27)13-6-4-3-5-11(13)16(17,18)19/h3-6,9H,7-8,10H2,1-2H3,(H,20,21,22). The lowest BCUT2D eigenvalue weighted by Gasteiger charge is -2.45. The number of carbonyl (C=O) groups is 1. The summed E-state index contributed by atoms with van der Waals surface area (Å²) in [7, 11) is -4.45. The van der Waals surface area contributed by atoms with Crippen LogP contribution in [0.15, 0.2) is 35.4 Å². The zero-order valence-corrected chi connectivity index (χ0v) is 15.9. The Kier molecular flexibility index (Phi) is 4.96. The average Bonchev–Trinajstić information content (AvgIpc) is 3.13. The van der Waals surface area contributed by atoms with Gasteiger partial charge in [-0.05, 0) is 26.0 Å². The van der Waals surface area contributed by atoms with Gasteiger partial charge in [0.15, 0.2) is 5.69 Å². The molecule has 12 heteroatoms. The number of aromatic nitrogens is 3. The van der Waals surface area contributed by atoms with Gasteiger partial charge in [0.25, 0.3) is 5.91 Å². The van der Waals surface area contributed by atoms with Gasteiger partial charge in [0.05, 0.1) is 16.7 Å². The Bertz CT molecular complexity index is 974. The summed E-state index contributed by atoms with van der Waals surface area (Å²) in [5.41, 5.74) is -2.27. The van der Waals surface area contributed by atoms with E-state index in [2.05, 4.69) is 15.4 Å². The van der Waals surface area contributed by atoms with Crippen LogP contribution in [-0.2, 0) is 16.2 Å². The van der Waals surface area contributed by atoms with Gasteiger partial charge in [0.2, 0.25) is 10.0 Å². The van der Waals surface area contributed by atoms with Gasteiger partial charge in [-0.2, -0.15) is 17.5 Å². The van der Waals surface area contributed by atoms with E-state index < -0.39 is 38.1 Å². The highest BCUT2D eigenvalue weighted by atomic mass is 32.2. The second-order valence-corrected chi connectivity index (χ2v) is 8.80. The number of sulfonamides is 1. The quantitative estimate of drug-likeness (QED) is 0.820. The summed E-state index contributed by atoms with van der Waals surface area (Å²) in [5.74, 6) is -0.436. The summed E-state index contributed by atoms with van der Waals surface area (Å²) in [6, 6.07) is 4.08. The van der Waals surface area contributed by atoms with E-state index >= 15 is 0 Å². The first-order valence-electron chi connectivity index (χ1n) is 8.29. The third kappa shape index (κ3) is 3.61. The number of piperazine rings is 1. The minimum absolute atomic E-state index is 0.00783. The predicted molar refractivity (Wildman–Crippen MR) is 91.7 cm³/mol. The number of H-pyrrole nitrogens is 1. The fourth-order valence-corrected chi connectivity index (χ4v) is 5.25. The molecule has 1 aliphatic heterocycles. The number of amides is 1. The second kappa shape index (κ2) is 6.85. The largest absolute Gasteiger partial charge is 0.417 e. The molecule has 0 aliphatic carbocycles. The third-order valence-corrected chi connectivity index (χ3v) is 6.68. The average molecular weight is 417 g/mol. The minimum atomic E-state index is -4.81. The number of nitrogens with one attached hydrogen (secondary N) is 1. The Morgan fingerprint density at radius 2 is 1.89 bits per heavy atom. The molecule has 1 amide bonds. The van der Waals surface area contributed by atoms with E-state index in [1.54, 1.807) is 13.8 Å². The van der Waals surface area contributed by atoms with E-state index in [1.165, 1.54) is 17.2 Å². The lowest BCUT2D eigenvalue weighted by molar-refractivity contribution is -0.140. The molecule has 0 bridgehead atoms. The summed E-state index contributed by atoms with van der Waals surface area (Å²) in [4.78, 5) is 13.1. The van der Waals surface area contributed by atoms with Gasteiger partial charge in [0, 0.05) is 25.2 Å². The molecule has 1 aromatic heterocycles. The van der Waals surface area contributed by atoms with Crippen molar-refractivity contribution in [1.82, 2.24) is 24.6 Å². The highest BCUT2D eigenvalue weighted by Gasteiger charge is 2.46. The molecule has 0 atom stereocenters. The lowest BCUT2D eigenvalue weighted by Crippen LogP contribution is -2.62. The number of hydrogen-bond acceptors (Lipinski definition) is 5. The van der Waals surface area contributed by atoms with Gasteiger partial charge in [-0.3, -0.25) is 9.89 Å². The van der Waals surface area contributed by atoms with Crippen LogP contribution in [-0.4, -0.2) is 64.1 Å². The van der Waals surface area contributed by atoms with Gasteiger partial charge in [-0.15, -0.1) is 5.10 Å². The molecule has 1 fully saturated rings. The van der Waals surface area contributed by atoms with Crippen molar-refractivity contribution < 1.29 is 26.4 Å². The Balaban J connectivity index is 1.92. The minimum Gasteiger partial charge on any atom is -0.334 e. The fourth-order valence-electron chi connectivity index (χ4n) is 3.27. The monoisotopic (exact) mass is 417 g/mol.